The molecular formula is C17H23BN4O5S2. The average Bonchev–Trinajstić information content (AvgIpc) is 3.07. The van der Waals surface area contributed by atoms with Crippen LogP contribution in [0.2, 0.25) is 5.82 Å². The van der Waals surface area contributed by atoms with Crippen LogP contribution in [-0.2, 0) is 21.4 Å². The number of para-hydroxylation sites is 1. The molecule has 0 bridgehead atoms. The lowest BCUT2D eigenvalue weighted by atomic mass is 9.64. The van der Waals surface area contributed by atoms with Crippen molar-refractivity contribution in [2.45, 2.75) is 31.6 Å². The van der Waals surface area contributed by atoms with Crippen molar-refractivity contribution in [2.75, 3.05) is 19.8 Å². The number of fused-ring (bicyclic) bond motifs is 1. The van der Waals surface area contributed by atoms with E-state index in [4.69, 9.17) is 10.4 Å². The van der Waals surface area contributed by atoms with Gasteiger partial charge in [0.25, 0.3) is 10.2 Å². The maximum absolute atomic E-state index is 13.1. The number of hydrogen-bond acceptors (Lipinski definition) is 8. The van der Waals surface area contributed by atoms with Crippen LogP contribution >= 0.6 is 11.3 Å². The van der Waals surface area contributed by atoms with Crippen molar-refractivity contribution in [3.63, 3.8) is 0 Å². The number of Topliss-reactive ketones (excluding diaryl/α,β-unsaturated/α-hetero) is 1. The van der Waals surface area contributed by atoms with Crippen LogP contribution < -0.4 is 15.1 Å². The minimum Gasteiger partial charge on any atom is -0.536 e. The van der Waals surface area contributed by atoms with E-state index in [1.54, 1.807) is 5.38 Å². The van der Waals surface area contributed by atoms with E-state index in [0.717, 1.165) is 26.8 Å². The fourth-order valence-corrected chi connectivity index (χ4v) is 4.52. The summed E-state index contributed by atoms with van der Waals surface area (Å²) in [6.45, 7) is 1.88. The summed E-state index contributed by atoms with van der Waals surface area (Å²) in [6.07, 6.45) is 0.350. The van der Waals surface area contributed by atoms with Crippen LogP contribution in [0.4, 0.5) is 5.13 Å². The summed E-state index contributed by atoms with van der Waals surface area (Å²) in [6, 6.07) is 4.46. The molecule has 29 heavy (non-hydrogen) atoms. The van der Waals surface area contributed by atoms with Gasteiger partial charge in [0, 0.05) is 31.7 Å². The molecule has 1 aliphatic rings. The zero-order valence-electron chi connectivity index (χ0n) is 16.3. The molecule has 2 aromatic rings. The van der Waals surface area contributed by atoms with Crippen molar-refractivity contribution in [1.82, 2.24) is 14.0 Å². The van der Waals surface area contributed by atoms with Crippen LogP contribution in [0, 0.1) is 6.92 Å². The zero-order chi connectivity index (χ0) is 21.3. The minimum absolute atomic E-state index is 0.0907. The van der Waals surface area contributed by atoms with Gasteiger partial charge in [0.15, 0.2) is 10.9 Å². The second-order valence-electron chi connectivity index (χ2n) is 7.16. The molecule has 1 aliphatic heterocycles. The highest BCUT2D eigenvalue weighted by molar-refractivity contribution is 7.87. The molecule has 2 atom stereocenters. The molecule has 0 radical (unpaired) electrons. The molecule has 12 heteroatoms. The van der Waals surface area contributed by atoms with Crippen LogP contribution in [-0.4, -0.2) is 49.7 Å². The number of nitrogens with two attached hydrogens (primary N) is 1. The van der Waals surface area contributed by atoms with Gasteiger partial charge in [-0.25, -0.2) is 4.98 Å². The van der Waals surface area contributed by atoms with Gasteiger partial charge in [-0.1, -0.05) is 18.2 Å². The number of aromatic nitrogens is 1. The summed E-state index contributed by atoms with van der Waals surface area (Å²) >= 11 is 1.12. The second kappa shape index (κ2) is 8.40. The molecular weight excluding hydrogens is 415 g/mol. The Labute approximate surface area is 174 Å². The Balaban J connectivity index is 1.83. The zero-order valence-corrected chi connectivity index (χ0v) is 18.0. The lowest BCUT2D eigenvalue weighted by Crippen LogP contribution is -2.42. The molecule has 2 heterocycles. The number of nitrogens with zero attached hydrogens (tertiary/aromatic N) is 2. The standard InChI is InChI=1S/C17H23BN4O5S2/c1-10-5-4-6-11-7-12(18(24)27-16(10)11)8-14(23)15(13-9-28-17(19)20-13)21-29(25,26)22(2)3/h4-6,9,12,15,21,24H,7-8H2,1-3H3,(H2,19,20)/t12-,15?/m1/s1. The molecule has 0 saturated carbocycles. The van der Waals surface area contributed by atoms with E-state index < -0.39 is 35.0 Å². The number of benzene rings is 1. The van der Waals surface area contributed by atoms with Crippen LogP contribution in [0.5, 0.6) is 5.75 Å². The SMILES string of the molecule is Cc1cccc2c1OB(O)[C@@H](CC(=O)C(NS(=O)(=O)N(C)C)c1csc(N)n1)C2. The van der Waals surface area contributed by atoms with Crippen molar-refractivity contribution in [3.05, 3.63) is 40.4 Å². The summed E-state index contributed by atoms with van der Waals surface area (Å²) < 4.78 is 33.6. The molecule has 1 aromatic carbocycles. The Morgan fingerprint density at radius 3 is 2.86 bits per heavy atom. The number of nitrogens with one attached hydrogen (secondary N) is 1. The van der Waals surface area contributed by atoms with Crippen LogP contribution in [0.15, 0.2) is 23.6 Å². The summed E-state index contributed by atoms with van der Waals surface area (Å²) in [5, 5.41) is 12.2. The molecule has 0 aliphatic carbocycles. The highest BCUT2D eigenvalue weighted by atomic mass is 32.2. The Morgan fingerprint density at radius 2 is 2.24 bits per heavy atom. The molecule has 9 nitrogen and oxygen atoms in total. The van der Waals surface area contributed by atoms with Gasteiger partial charge in [-0.15, -0.1) is 11.3 Å². The first kappa shape index (κ1) is 21.7. The van der Waals surface area contributed by atoms with E-state index in [0.29, 0.717) is 12.2 Å². The lowest BCUT2D eigenvalue weighted by Gasteiger charge is -2.29. The van der Waals surface area contributed by atoms with Crippen LogP contribution in [0.3, 0.4) is 0 Å². The molecule has 4 N–H and O–H groups in total. The third-order valence-corrected chi connectivity index (χ3v) is 6.97. The maximum Gasteiger partial charge on any atom is 0.526 e. The molecule has 0 saturated heterocycles. The molecule has 0 spiro atoms. The summed E-state index contributed by atoms with van der Waals surface area (Å²) in [4.78, 5) is 17.1. The third-order valence-electron chi connectivity index (χ3n) is 4.79. The number of aryl methyl sites for hydroxylation is 1. The van der Waals surface area contributed by atoms with Gasteiger partial charge in [-0.2, -0.15) is 17.4 Å². The number of hydrogen-bond donors (Lipinski definition) is 3. The van der Waals surface area contributed by atoms with Gasteiger partial charge in [0.05, 0.1) is 5.69 Å². The monoisotopic (exact) mass is 438 g/mol. The Kier molecular flexibility index (Phi) is 6.29. The number of rotatable bonds is 7. The Morgan fingerprint density at radius 1 is 1.52 bits per heavy atom. The highest BCUT2D eigenvalue weighted by Gasteiger charge is 2.39. The average molecular weight is 438 g/mol. The predicted molar refractivity (Wildman–Crippen MR) is 112 cm³/mol. The van der Waals surface area contributed by atoms with Gasteiger partial charge in [-0.05, 0) is 24.5 Å². The van der Waals surface area contributed by atoms with Gasteiger partial charge >= 0.3 is 7.12 Å². The Hall–Kier alpha value is -1.99. The van der Waals surface area contributed by atoms with Gasteiger partial charge in [0.1, 0.15) is 11.8 Å². The molecule has 156 valence electrons. The number of nitrogen functional groups attached to an aromatic ring is 1. The first-order valence-corrected chi connectivity index (χ1v) is 11.3. The normalized spacial score (nSPS) is 17.7. The number of ketones is 1. The number of thiazole rings is 1. The molecule has 3 rings (SSSR count). The van der Waals surface area contributed by atoms with Crippen LogP contribution in [0.25, 0.3) is 0 Å². The van der Waals surface area contributed by atoms with Crippen molar-refractivity contribution in [3.8, 4) is 5.75 Å². The Bertz CT molecular complexity index is 1010. The van der Waals surface area contributed by atoms with Crippen molar-refractivity contribution >= 4 is 39.6 Å². The van der Waals surface area contributed by atoms with Gasteiger partial charge in [-0.3, -0.25) is 4.79 Å². The first-order valence-electron chi connectivity index (χ1n) is 8.95. The van der Waals surface area contributed by atoms with E-state index in [9.17, 15) is 18.2 Å². The van der Waals surface area contributed by atoms with E-state index in [2.05, 4.69) is 9.71 Å². The van der Waals surface area contributed by atoms with Crippen molar-refractivity contribution < 1.29 is 22.9 Å². The fraction of sp³-hybridized carbons (Fsp3) is 0.412. The maximum atomic E-state index is 13.1. The first-order chi connectivity index (χ1) is 13.6. The summed E-state index contributed by atoms with van der Waals surface area (Å²) in [7, 11) is -2.35. The fourth-order valence-electron chi connectivity index (χ4n) is 3.17. The highest BCUT2D eigenvalue weighted by Crippen LogP contribution is 2.37. The van der Waals surface area contributed by atoms with E-state index in [1.165, 1.54) is 14.1 Å². The van der Waals surface area contributed by atoms with Crippen molar-refractivity contribution in [1.29, 1.82) is 0 Å². The number of carbonyl (C=O) groups excluding carboxylic acids is 1. The topological polar surface area (TPSA) is 135 Å². The van der Waals surface area contributed by atoms with Gasteiger partial charge in [0.2, 0.25) is 0 Å². The lowest BCUT2D eigenvalue weighted by molar-refractivity contribution is -0.121. The molecule has 0 fully saturated rings. The molecule has 1 aromatic heterocycles. The summed E-state index contributed by atoms with van der Waals surface area (Å²) in [5.74, 6) is -0.315. The van der Waals surface area contributed by atoms with Crippen molar-refractivity contribution in [2.24, 2.45) is 0 Å². The van der Waals surface area contributed by atoms with E-state index >= 15 is 0 Å². The van der Waals surface area contributed by atoms with E-state index in [1.807, 2.05) is 25.1 Å². The third kappa shape index (κ3) is 4.78. The van der Waals surface area contributed by atoms with E-state index in [-0.39, 0.29) is 17.2 Å². The molecule has 1 unspecified atom stereocenters. The largest absolute Gasteiger partial charge is 0.536 e. The summed E-state index contributed by atoms with van der Waals surface area (Å²) in [5.41, 5.74) is 7.69. The molecule has 0 amide bonds. The minimum atomic E-state index is -3.90. The number of anilines is 1. The van der Waals surface area contributed by atoms with Gasteiger partial charge < -0.3 is 15.4 Å². The smallest absolute Gasteiger partial charge is 0.526 e. The second-order valence-corrected chi connectivity index (χ2v) is 9.96. The van der Waals surface area contributed by atoms with Crippen LogP contribution in [0.1, 0.15) is 29.3 Å². The quantitative estimate of drug-likeness (QED) is 0.547. The predicted octanol–water partition coefficient (Wildman–Crippen LogP) is 0.916. The number of carbonyl (C=O) groups is 1.